The van der Waals surface area contributed by atoms with E-state index in [1.807, 2.05) is 6.20 Å². The Labute approximate surface area is 114 Å². The van der Waals surface area contributed by atoms with Crippen LogP contribution in [0.3, 0.4) is 0 Å². The molecular formula is C15H22N4. The van der Waals surface area contributed by atoms with Crippen LogP contribution < -0.4 is 10.6 Å². The van der Waals surface area contributed by atoms with Gasteiger partial charge in [0, 0.05) is 17.5 Å². The maximum absolute atomic E-state index is 4.11. The van der Waals surface area contributed by atoms with E-state index in [4.69, 9.17) is 0 Å². The zero-order chi connectivity index (χ0) is 13.1. The molecule has 3 rings (SSSR count). The first kappa shape index (κ1) is 12.5. The number of aromatic nitrogens is 2. The van der Waals surface area contributed by atoms with Crippen LogP contribution in [0.1, 0.15) is 32.6 Å². The summed E-state index contributed by atoms with van der Waals surface area (Å²) in [6.07, 6.45) is 7.03. The van der Waals surface area contributed by atoms with Crippen molar-refractivity contribution in [3.05, 3.63) is 24.4 Å². The highest BCUT2D eigenvalue weighted by Crippen LogP contribution is 2.22. The second kappa shape index (κ2) is 5.61. The third kappa shape index (κ3) is 2.89. The van der Waals surface area contributed by atoms with E-state index in [0.717, 1.165) is 16.6 Å². The highest BCUT2D eigenvalue weighted by molar-refractivity contribution is 5.89. The molecule has 4 nitrogen and oxygen atoms in total. The molecule has 1 aromatic heterocycles. The number of aromatic amines is 1. The molecule has 1 saturated heterocycles. The smallest absolute Gasteiger partial charge is 0.0881 e. The highest BCUT2D eigenvalue weighted by atomic mass is 15.1. The lowest BCUT2D eigenvalue weighted by atomic mass is 9.98. The van der Waals surface area contributed by atoms with E-state index in [-0.39, 0.29) is 0 Å². The van der Waals surface area contributed by atoms with Gasteiger partial charge in [-0.1, -0.05) is 18.6 Å². The Hall–Kier alpha value is -1.55. The molecule has 1 aliphatic rings. The second-order valence-corrected chi connectivity index (χ2v) is 5.57. The van der Waals surface area contributed by atoms with E-state index in [0.29, 0.717) is 12.1 Å². The topological polar surface area (TPSA) is 52.7 Å². The molecule has 0 radical (unpaired) electrons. The number of piperidine rings is 1. The van der Waals surface area contributed by atoms with Gasteiger partial charge in [-0.05, 0) is 38.8 Å². The van der Waals surface area contributed by atoms with Crippen LogP contribution in [0.2, 0.25) is 0 Å². The second-order valence-electron chi connectivity index (χ2n) is 5.57. The van der Waals surface area contributed by atoms with E-state index in [1.165, 1.54) is 32.2 Å². The van der Waals surface area contributed by atoms with Crippen molar-refractivity contribution in [1.82, 2.24) is 15.5 Å². The predicted octanol–water partition coefficient (Wildman–Crippen LogP) is 2.90. The Bertz CT molecular complexity index is 528. The number of hydrogen-bond donors (Lipinski definition) is 3. The third-order valence-corrected chi connectivity index (χ3v) is 3.93. The fourth-order valence-electron chi connectivity index (χ4n) is 2.97. The Balaban J connectivity index is 1.65. The normalized spacial score (nSPS) is 21.4. The van der Waals surface area contributed by atoms with E-state index < -0.39 is 0 Å². The van der Waals surface area contributed by atoms with Crippen LogP contribution >= 0.6 is 0 Å². The Morgan fingerprint density at radius 3 is 3.21 bits per heavy atom. The average Bonchev–Trinajstić information content (AvgIpc) is 2.89. The first-order valence-electron chi connectivity index (χ1n) is 7.25. The number of H-pyrrole nitrogens is 1. The Morgan fingerprint density at radius 1 is 1.42 bits per heavy atom. The fourth-order valence-corrected chi connectivity index (χ4v) is 2.97. The van der Waals surface area contributed by atoms with Crippen LogP contribution in [-0.2, 0) is 0 Å². The number of para-hydroxylation sites is 1. The van der Waals surface area contributed by atoms with Crippen molar-refractivity contribution in [2.75, 3.05) is 11.9 Å². The minimum absolute atomic E-state index is 0.462. The monoisotopic (exact) mass is 258 g/mol. The number of anilines is 1. The zero-order valence-electron chi connectivity index (χ0n) is 11.4. The summed E-state index contributed by atoms with van der Waals surface area (Å²) in [6.45, 7) is 3.43. The third-order valence-electron chi connectivity index (χ3n) is 3.93. The lowest BCUT2D eigenvalue weighted by Crippen LogP contribution is -2.37. The molecule has 2 heterocycles. The number of hydrogen-bond acceptors (Lipinski definition) is 3. The standard InChI is InChI=1S/C15H22N4/c1-11(9-13-6-2-3-8-16-13)18-14-7-4-5-12-10-17-19-15(12)14/h4-5,7,10-11,13,16,18H,2-3,6,8-9H2,1H3,(H,17,19). The van der Waals surface area contributed by atoms with Gasteiger partial charge in [0.1, 0.15) is 0 Å². The Morgan fingerprint density at radius 2 is 2.37 bits per heavy atom. The number of nitrogens with zero attached hydrogens (tertiary/aromatic N) is 1. The summed E-state index contributed by atoms with van der Waals surface area (Å²) in [6, 6.07) is 7.40. The van der Waals surface area contributed by atoms with Gasteiger partial charge in [-0.25, -0.2) is 0 Å². The molecule has 3 N–H and O–H groups in total. The maximum Gasteiger partial charge on any atom is 0.0881 e. The minimum atomic E-state index is 0.462. The fraction of sp³-hybridized carbons (Fsp3) is 0.533. The van der Waals surface area contributed by atoms with Crippen LogP contribution in [-0.4, -0.2) is 28.8 Å². The van der Waals surface area contributed by atoms with Crippen molar-refractivity contribution in [3.63, 3.8) is 0 Å². The SMILES string of the molecule is CC(CC1CCCCN1)Nc1cccc2cn[nH]c12. The Kier molecular flexibility index (Phi) is 3.69. The summed E-state index contributed by atoms with van der Waals surface area (Å²) in [5, 5.41) is 15.6. The number of nitrogens with one attached hydrogen (secondary N) is 3. The molecule has 4 heteroatoms. The van der Waals surface area contributed by atoms with Crippen molar-refractivity contribution < 1.29 is 0 Å². The molecule has 1 fully saturated rings. The van der Waals surface area contributed by atoms with Crippen LogP contribution in [0.4, 0.5) is 5.69 Å². The van der Waals surface area contributed by atoms with Crippen molar-refractivity contribution in [1.29, 1.82) is 0 Å². The van der Waals surface area contributed by atoms with Gasteiger partial charge in [0.2, 0.25) is 0 Å². The first-order valence-corrected chi connectivity index (χ1v) is 7.25. The van der Waals surface area contributed by atoms with Gasteiger partial charge in [0.15, 0.2) is 0 Å². The molecule has 102 valence electrons. The number of fused-ring (bicyclic) bond motifs is 1. The van der Waals surface area contributed by atoms with Gasteiger partial charge in [-0.3, -0.25) is 5.10 Å². The van der Waals surface area contributed by atoms with Crippen LogP contribution in [0.25, 0.3) is 10.9 Å². The molecule has 2 atom stereocenters. The molecule has 1 aliphatic heterocycles. The molecule has 0 aliphatic carbocycles. The van der Waals surface area contributed by atoms with Crippen molar-refractivity contribution in [3.8, 4) is 0 Å². The lowest BCUT2D eigenvalue weighted by molar-refractivity contribution is 0.371. The molecule has 0 amide bonds. The summed E-state index contributed by atoms with van der Waals surface area (Å²) >= 11 is 0. The number of rotatable bonds is 4. The maximum atomic E-state index is 4.11. The molecule has 2 aromatic rings. The first-order chi connectivity index (χ1) is 9.33. The van der Waals surface area contributed by atoms with E-state index in [2.05, 4.69) is 46.0 Å². The summed E-state index contributed by atoms with van der Waals surface area (Å²) in [4.78, 5) is 0. The van der Waals surface area contributed by atoms with Crippen LogP contribution in [0, 0.1) is 0 Å². The molecule has 2 unspecified atom stereocenters. The quantitative estimate of drug-likeness (QED) is 0.790. The zero-order valence-corrected chi connectivity index (χ0v) is 11.4. The van der Waals surface area contributed by atoms with Gasteiger partial charge >= 0.3 is 0 Å². The van der Waals surface area contributed by atoms with E-state index in [1.54, 1.807) is 0 Å². The lowest BCUT2D eigenvalue weighted by Gasteiger charge is -2.27. The van der Waals surface area contributed by atoms with Gasteiger partial charge in [-0.15, -0.1) is 0 Å². The molecule has 1 aromatic carbocycles. The van der Waals surface area contributed by atoms with Gasteiger partial charge in [0.25, 0.3) is 0 Å². The van der Waals surface area contributed by atoms with Crippen molar-refractivity contribution in [2.24, 2.45) is 0 Å². The number of benzene rings is 1. The van der Waals surface area contributed by atoms with Crippen molar-refractivity contribution in [2.45, 2.75) is 44.7 Å². The minimum Gasteiger partial charge on any atom is -0.381 e. The molecule has 19 heavy (non-hydrogen) atoms. The van der Waals surface area contributed by atoms with Crippen molar-refractivity contribution >= 4 is 16.6 Å². The summed E-state index contributed by atoms with van der Waals surface area (Å²) in [7, 11) is 0. The van der Waals surface area contributed by atoms with Gasteiger partial charge in [-0.2, -0.15) is 5.10 Å². The molecular weight excluding hydrogens is 236 g/mol. The molecule has 0 bridgehead atoms. The van der Waals surface area contributed by atoms with Gasteiger partial charge < -0.3 is 10.6 Å². The van der Waals surface area contributed by atoms with Crippen LogP contribution in [0.5, 0.6) is 0 Å². The summed E-state index contributed by atoms with van der Waals surface area (Å²) in [5.74, 6) is 0. The van der Waals surface area contributed by atoms with E-state index >= 15 is 0 Å². The predicted molar refractivity (Wildman–Crippen MR) is 79.4 cm³/mol. The summed E-state index contributed by atoms with van der Waals surface area (Å²) in [5.41, 5.74) is 2.25. The largest absolute Gasteiger partial charge is 0.381 e. The summed E-state index contributed by atoms with van der Waals surface area (Å²) < 4.78 is 0. The average molecular weight is 258 g/mol. The molecule has 0 saturated carbocycles. The highest BCUT2D eigenvalue weighted by Gasteiger charge is 2.16. The van der Waals surface area contributed by atoms with E-state index in [9.17, 15) is 0 Å². The molecule has 0 spiro atoms. The van der Waals surface area contributed by atoms with Gasteiger partial charge in [0.05, 0.1) is 17.4 Å². The van der Waals surface area contributed by atoms with Crippen LogP contribution in [0.15, 0.2) is 24.4 Å².